The zero-order valence-electron chi connectivity index (χ0n) is 15.3. The second-order valence-electron chi connectivity index (χ2n) is 6.65. The number of carbonyl (C=O) groups excluding carboxylic acids is 3. The Kier molecular flexibility index (Phi) is 4.89. The van der Waals surface area contributed by atoms with Gasteiger partial charge in [-0.1, -0.05) is 31.0 Å². The standard InChI is InChI=1S/C21H22N2O3/c1-4-5-10-23-20(25)16-8-7-15(12-17(16)21(23)26)19(24)22-18-9-6-13(2)11-14(18)3/h6-9,11-12H,4-5,10H2,1-3H3,(H,22,24). The van der Waals surface area contributed by atoms with Gasteiger partial charge in [-0.05, 0) is 50.1 Å². The lowest BCUT2D eigenvalue weighted by atomic mass is 10.0. The van der Waals surface area contributed by atoms with Gasteiger partial charge in [0.25, 0.3) is 17.7 Å². The fraction of sp³-hybridized carbons (Fsp3) is 0.286. The Balaban J connectivity index is 1.84. The Bertz CT molecular complexity index is 902. The largest absolute Gasteiger partial charge is 0.322 e. The first-order valence-electron chi connectivity index (χ1n) is 8.81. The molecule has 0 aromatic heterocycles. The molecule has 0 spiro atoms. The highest BCUT2D eigenvalue weighted by Crippen LogP contribution is 2.25. The van der Waals surface area contributed by atoms with Crippen LogP contribution in [0.4, 0.5) is 5.69 Å². The maximum absolute atomic E-state index is 12.6. The number of aryl methyl sites for hydroxylation is 2. The number of hydrogen-bond donors (Lipinski definition) is 1. The summed E-state index contributed by atoms with van der Waals surface area (Å²) < 4.78 is 0. The summed E-state index contributed by atoms with van der Waals surface area (Å²) in [6.45, 7) is 6.34. The minimum absolute atomic E-state index is 0.278. The average molecular weight is 350 g/mol. The van der Waals surface area contributed by atoms with Crippen molar-refractivity contribution in [3.05, 3.63) is 64.2 Å². The summed E-state index contributed by atoms with van der Waals surface area (Å²) in [4.78, 5) is 38.7. The maximum atomic E-state index is 12.6. The van der Waals surface area contributed by atoms with E-state index >= 15 is 0 Å². The number of unbranched alkanes of at least 4 members (excludes halogenated alkanes) is 1. The number of nitrogens with zero attached hydrogens (tertiary/aromatic N) is 1. The number of amides is 3. The van der Waals surface area contributed by atoms with Gasteiger partial charge in [-0.2, -0.15) is 0 Å². The molecular formula is C21H22N2O3. The van der Waals surface area contributed by atoms with Crippen LogP contribution in [0, 0.1) is 13.8 Å². The molecule has 5 nitrogen and oxygen atoms in total. The Morgan fingerprint density at radius 2 is 1.73 bits per heavy atom. The van der Waals surface area contributed by atoms with Crippen LogP contribution in [0.2, 0.25) is 0 Å². The van der Waals surface area contributed by atoms with E-state index in [9.17, 15) is 14.4 Å². The number of rotatable bonds is 5. The van der Waals surface area contributed by atoms with Crippen LogP contribution in [0.25, 0.3) is 0 Å². The van der Waals surface area contributed by atoms with E-state index in [2.05, 4.69) is 5.32 Å². The number of nitrogens with one attached hydrogen (secondary N) is 1. The van der Waals surface area contributed by atoms with Crippen LogP contribution in [-0.2, 0) is 0 Å². The lowest BCUT2D eigenvalue weighted by Gasteiger charge is -2.12. The highest BCUT2D eigenvalue weighted by atomic mass is 16.2. The predicted octanol–water partition coefficient (Wildman–Crippen LogP) is 3.95. The van der Waals surface area contributed by atoms with Gasteiger partial charge in [-0.3, -0.25) is 19.3 Å². The first kappa shape index (κ1) is 17.9. The summed E-state index contributed by atoms with van der Waals surface area (Å²) >= 11 is 0. The van der Waals surface area contributed by atoms with Gasteiger partial charge in [0, 0.05) is 17.8 Å². The molecule has 0 saturated heterocycles. The summed E-state index contributed by atoms with van der Waals surface area (Å²) in [5, 5.41) is 2.87. The SMILES string of the molecule is CCCCN1C(=O)c2ccc(C(=O)Nc3ccc(C)cc3C)cc2C1=O. The summed E-state index contributed by atoms with van der Waals surface area (Å²) in [5.74, 6) is -0.897. The van der Waals surface area contributed by atoms with Gasteiger partial charge in [-0.15, -0.1) is 0 Å². The van der Waals surface area contributed by atoms with Crippen LogP contribution in [0.1, 0.15) is 62.0 Å². The molecule has 1 N–H and O–H groups in total. The number of imide groups is 1. The number of anilines is 1. The molecule has 0 radical (unpaired) electrons. The van der Waals surface area contributed by atoms with Crippen LogP contribution in [0.3, 0.4) is 0 Å². The van der Waals surface area contributed by atoms with Crippen molar-refractivity contribution in [1.82, 2.24) is 4.90 Å². The Morgan fingerprint density at radius 3 is 2.42 bits per heavy atom. The quantitative estimate of drug-likeness (QED) is 0.830. The Hall–Kier alpha value is -2.95. The van der Waals surface area contributed by atoms with Gasteiger partial charge in [0.15, 0.2) is 0 Å². The molecule has 26 heavy (non-hydrogen) atoms. The van der Waals surface area contributed by atoms with Crippen molar-refractivity contribution in [2.75, 3.05) is 11.9 Å². The molecule has 0 atom stereocenters. The van der Waals surface area contributed by atoms with Crippen molar-refractivity contribution in [2.45, 2.75) is 33.6 Å². The molecule has 1 aliphatic heterocycles. The van der Waals surface area contributed by atoms with Gasteiger partial charge < -0.3 is 5.32 Å². The minimum atomic E-state index is -0.320. The molecule has 0 aliphatic carbocycles. The molecule has 0 saturated carbocycles. The van der Waals surface area contributed by atoms with E-state index in [4.69, 9.17) is 0 Å². The lowest BCUT2D eigenvalue weighted by Crippen LogP contribution is -2.30. The predicted molar refractivity (Wildman–Crippen MR) is 101 cm³/mol. The Morgan fingerprint density at radius 1 is 1.00 bits per heavy atom. The zero-order valence-corrected chi connectivity index (χ0v) is 15.3. The molecule has 1 heterocycles. The average Bonchev–Trinajstić information content (AvgIpc) is 2.86. The van der Waals surface area contributed by atoms with E-state index in [1.54, 1.807) is 12.1 Å². The van der Waals surface area contributed by atoms with E-state index < -0.39 is 0 Å². The zero-order chi connectivity index (χ0) is 18.8. The van der Waals surface area contributed by atoms with Crippen LogP contribution >= 0.6 is 0 Å². The molecule has 2 aromatic rings. The third kappa shape index (κ3) is 3.25. The number of fused-ring (bicyclic) bond motifs is 1. The van der Waals surface area contributed by atoms with Gasteiger partial charge in [-0.25, -0.2) is 0 Å². The van der Waals surface area contributed by atoms with Crippen molar-refractivity contribution < 1.29 is 14.4 Å². The molecule has 5 heteroatoms. The second kappa shape index (κ2) is 7.12. The first-order chi connectivity index (χ1) is 12.4. The summed E-state index contributed by atoms with van der Waals surface area (Å²) in [6, 6.07) is 10.5. The summed E-state index contributed by atoms with van der Waals surface area (Å²) in [7, 11) is 0. The molecule has 0 bridgehead atoms. The van der Waals surface area contributed by atoms with Crippen molar-refractivity contribution in [3.8, 4) is 0 Å². The van der Waals surface area contributed by atoms with Crippen LogP contribution < -0.4 is 5.32 Å². The smallest absolute Gasteiger partial charge is 0.261 e. The van der Waals surface area contributed by atoms with Crippen molar-refractivity contribution >= 4 is 23.4 Å². The van der Waals surface area contributed by atoms with E-state index in [0.29, 0.717) is 23.2 Å². The molecule has 134 valence electrons. The van der Waals surface area contributed by atoms with Gasteiger partial charge in [0.2, 0.25) is 0 Å². The topological polar surface area (TPSA) is 66.5 Å². The summed E-state index contributed by atoms with van der Waals surface area (Å²) in [6.07, 6.45) is 1.67. The van der Waals surface area contributed by atoms with Gasteiger partial charge in [0.05, 0.1) is 11.1 Å². The van der Waals surface area contributed by atoms with Gasteiger partial charge >= 0.3 is 0 Å². The van der Waals surface area contributed by atoms with Crippen molar-refractivity contribution in [3.63, 3.8) is 0 Å². The highest BCUT2D eigenvalue weighted by molar-refractivity contribution is 6.22. The van der Waals surface area contributed by atoms with Crippen LogP contribution in [0.5, 0.6) is 0 Å². The van der Waals surface area contributed by atoms with E-state index in [0.717, 1.165) is 29.7 Å². The lowest BCUT2D eigenvalue weighted by molar-refractivity contribution is 0.0652. The third-order valence-electron chi connectivity index (χ3n) is 4.60. The Labute approximate surface area is 153 Å². The molecule has 0 unspecified atom stereocenters. The fourth-order valence-corrected chi connectivity index (χ4v) is 3.10. The molecule has 0 fully saturated rings. The van der Waals surface area contributed by atoms with Crippen LogP contribution in [0.15, 0.2) is 36.4 Å². The van der Waals surface area contributed by atoms with Crippen LogP contribution in [-0.4, -0.2) is 29.2 Å². The molecule has 2 aromatic carbocycles. The van der Waals surface area contributed by atoms with E-state index in [-0.39, 0.29) is 17.7 Å². The number of carbonyl (C=O) groups is 3. The van der Waals surface area contributed by atoms with E-state index in [1.807, 2.05) is 39.0 Å². The first-order valence-corrected chi connectivity index (χ1v) is 8.81. The van der Waals surface area contributed by atoms with Gasteiger partial charge in [0.1, 0.15) is 0 Å². The normalized spacial score (nSPS) is 13.1. The minimum Gasteiger partial charge on any atom is -0.322 e. The number of benzene rings is 2. The summed E-state index contributed by atoms with van der Waals surface area (Å²) in [5.41, 5.74) is 3.86. The molecule has 3 rings (SSSR count). The maximum Gasteiger partial charge on any atom is 0.261 e. The highest BCUT2D eigenvalue weighted by Gasteiger charge is 2.35. The van der Waals surface area contributed by atoms with E-state index in [1.165, 1.54) is 11.0 Å². The third-order valence-corrected chi connectivity index (χ3v) is 4.60. The number of hydrogen-bond acceptors (Lipinski definition) is 3. The molecular weight excluding hydrogens is 328 g/mol. The molecule has 1 aliphatic rings. The second-order valence-corrected chi connectivity index (χ2v) is 6.65. The van der Waals surface area contributed by atoms with Crippen molar-refractivity contribution in [2.24, 2.45) is 0 Å². The van der Waals surface area contributed by atoms with Crippen molar-refractivity contribution in [1.29, 1.82) is 0 Å². The monoisotopic (exact) mass is 350 g/mol. The molecule has 3 amide bonds. The fourth-order valence-electron chi connectivity index (χ4n) is 3.10.